The summed E-state index contributed by atoms with van der Waals surface area (Å²) in [5.41, 5.74) is 4.79. The highest BCUT2D eigenvalue weighted by atomic mass is 19.3. The number of hydrogen-bond donors (Lipinski definition) is 2. The molecule has 0 radical (unpaired) electrons. The van der Waals surface area contributed by atoms with Crippen molar-refractivity contribution in [3.63, 3.8) is 0 Å². The van der Waals surface area contributed by atoms with Crippen LogP contribution < -0.4 is 11.1 Å². The molecule has 116 valence electrons. The molecule has 0 saturated carbocycles. The van der Waals surface area contributed by atoms with E-state index in [1.807, 2.05) is 5.32 Å². The van der Waals surface area contributed by atoms with Crippen molar-refractivity contribution >= 4 is 23.8 Å². The molecule has 0 aromatic heterocycles. The minimum absolute atomic E-state index is 0.188. The summed E-state index contributed by atoms with van der Waals surface area (Å²) < 4.78 is 25.7. The Hall–Kier alpha value is -2.36. The van der Waals surface area contributed by atoms with E-state index in [2.05, 4.69) is 6.58 Å². The number of nitrogens with zero attached hydrogens (tertiary/aromatic N) is 2. The van der Waals surface area contributed by atoms with Crippen molar-refractivity contribution in [3.05, 3.63) is 12.7 Å². The Morgan fingerprint density at radius 2 is 1.86 bits per heavy atom. The normalized spacial score (nSPS) is 15.7. The van der Waals surface area contributed by atoms with Crippen molar-refractivity contribution in [1.82, 2.24) is 15.1 Å². The first-order valence-corrected chi connectivity index (χ1v) is 5.86. The third-order valence-corrected chi connectivity index (χ3v) is 2.59. The lowest BCUT2D eigenvalue weighted by Crippen LogP contribution is -2.46. The third kappa shape index (κ3) is 3.81. The predicted molar refractivity (Wildman–Crippen MR) is 66.0 cm³/mol. The number of carbonyl (C=O) groups is 4. The molecule has 0 atom stereocenters. The maximum Gasteiger partial charge on any atom is 0.335 e. The Bertz CT molecular complexity index is 495. The van der Waals surface area contributed by atoms with Gasteiger partial charge in [-0.05, 0) is 0 Å². The highest BCUT2D eigenvalue weighted by Crippen LogP contribution is 2.12. The van der Waals surface area contributed by atoms with Crippen LogP contribution in [0.2, 0.25) is 0 Å². The van der Waals surface area contributed by atoms with Gasteiger partial charge in [0.25, 0.3) is 5.92 Å². The van der Waals surface area contributed by atoms with Crippen LogP contribution in [0.5, 0.6) is 0 Å². The average molecular weight is 304 g/mol. The van der Waals surface area contributed by atoms with E-state index in [-0.39, 0.29) is 6.54 Å². The van der Waals surface area contributed by atoms with Crippen LogP contribution in [0.4, 0.5) is 13.6 Å². The van der Waals surface area contributed by atoms with E-state index in [4.69, 9.17) is 5.73 Å². The van der Waals surface area contributed by atoms with Crippen molar-refractivity contribution in [2.75, 3.05) is 26.2 Å². The zero-order valence-electron chi connectivity index (χ0n) is 11.0. The standard InChI is InChI=1S/C11H14F2N4O4/c1-2-3-16-8(19)9(20)17(10(16)21)4-7(18)15-6-11(12,13)5-14/h2H,1,3-6,14H2,(H,15,18). The largest absolute Gasteiger partial charge is 0.348 e. The van der Waals surface area contributed by atoms with Crippen molar-refractivity contribution in [1.29, 1.82) is 0 Å². The maximum atomic E-state index is 12.8. The molecule has 0 aromatic rings. The topological polar surface area (TPSA) is 113 Å². The molecule has 1 aliphatic heterocycles. The monoisotopic (exact) mass is 304 g/mol. The molecule has 10 heteroatoms. The number of halogens is 2. The number of urea groups is 1. The van der Waals surface area contributed by atoms with Crippen LogP contribution in [0.15, 0.2) is 12.7 Å². The molecule has 0 aromatic carbocycles. The van der Waals surface area contributed by atoms with Crippen LogP contribution in [0.25, 0.3) is 0 Å². The molecule has 1 aliphatic rings. The van der Waals surface area contributed by atoms with Crippen molar-refractivity contribution in [2.45, 2.75) is 5.92 Å². The summed E-state index contributed by atoms with van der Waals surface area (Å²) in [5.74, 6) is -6.58. The van der Waals surface area contributed by atoms with Gasteiger partial charge < -0.3 is 11.1 Å². The van der Waals surface area contributed by atoms with Crippen LogP contribution >= 0.6 is 0 Å². The molecule has 0 bridgehead atoms. The summed E-state index contributed by atoms with van der Waals surface area (Å²) in [5, 5.41) is 1.84. The molecule has 21 heavy (non-hydrogen) atoms. The Kier molecular flexibility index (Phi) is 5.08. The van der Waals surface area contributed by atoms with Gasteiger partial charge >= 0.3 is 17.8 Å². The number of rotatable bonds is 7. The van der Waals surface area contributed by atoms with Crippen LogP contribution in [0.1, 0.15) is 0 Å². The summed E-state index contributed by atoms with van der Waals surface area (Å²) in [4.78, 5) is 47.1. The highest BCUT2D eigenvalue weighted by Gasteiger charge is 2.44. The summed E-state index contributed by atoms with van der Waals surface area (Å²) in [6, 6.07) is -0.995. The van der Waals surface area contributed by atoms with Gasteiger partial charge in [-0.2, -0.15) is 0 Å². The number of imide groups is 2. The van der Waals surface area contributed by atoms with Gasteiger partial charge in [-0.1, -0.05) is 6.08 Å². The first-order chi connectivity index (χ1) is 9.73. The van der Waals surface area contributed by atoms with Gasteiger partial charge in [-0.25, -0.2) is 18.5 Å². The molecule has 1 rings (SSSR count). The molecule has 5 amide bonds. The summed E-state index contributed by atoms with van der Waals surface area (Å²) >= 11 is 0. The molecular formula is C11H14F2N4O4. The lowest BCUT2D eigenvalue weighted by Gasteiger charge is -2.17. The molecule has 1 saturated heterocycles. The minimum atomic E-state index is -3.29. The summed E-state index contributed by atoms with van der Waals surface area (Å²) in [6.45, 7) is 0.327. The molecule has 1 heterocycles. The average Bonchev–Trinajstić information content (AvgIpc) is 2.63. The van der Waals surface area contributed by atoms with Crippen molar-refractivity contribution in [3.8, 4) is 0 Å². The van der Waals surface area contributed by atoms with Gasteiger partial charge in [-0.15, -0.1) is 6.58 Å². The fraction of sp³-hybridized carbons (Fsp3) is 0.455. The molecule has 0 unspecified atom stereocenters. The smallest absolute Gasteiger partial charge is 0.335 e. The van der Waals surface area contributed by atoms with Crippen LogP contribution in [0.3, 0.4) is 0 Å². The Morgan fingerprint density at radius 3 is 2.38 bits per heavy atom. The summed E-state index contributed by atoms with van der Waals surface area (Å²) in [6.07, 6.45) is 1.23. The molecule has 1 fully saturated rings. The Labute approximate surface area is 118 Å². The van der Waals surface area contributed by atoms with Crippen LogP contribution in [0, 0.1) is 0 Å². The van der Waals surface area contributed by atoms with Gasteiger partial charge in [0.1, 0.15) is 6.54 Å². The van der Waals surface area contributed by atoms with Gasteiger partial charge in [-0.3, -0.25) is 19.3 Å². The quantitative estimate of drug-likeness (QED) is 0.344. The number of nitrogens with two attached hydrogens (primary N) is 1. The lowest BCUT2D eigenvalue weighted by molar-refractivity contribution is -0.143. The first-order valence-electron chi connectivity index (χ1n) is 5.86. The molecule has 0 spiro atoms. The SMILES string of the molecule is C=CCN1C(=O)C(=O)N(CC(=O)NCC(F)(F)CN)C1=O. The molecule has 3 N–H and O–H groups in total. The van der Waals surface area contributed by atoms with E-state index in [9.17, 15) is 28.0 Å². The number of amides is 5. The van der Waals surface area contributed by atoms with Gasteiger partial charge in [0.05, 0.1) is 13.1 Å². The van der Waals surface area contributed by atoms with Gasteiger partial charge in [0.15, 0.2) is 0 Å². The van der Waals surface area contributed by atoms with E-state index in [1.54, 1.807) is 0 Å². The van der Waals surface area contributed by atoms with Crippen molar-refractivity contribution < 1.29 is 28.0 Å². The molecule has 8 nitrogen and oxygen atoms in total. The van der Waals surface area contributed by atoms with Crippen molar-refractivity contribution in [2.24, 2.45) is 5.73 Å². The van der Waals surface area contributed by atoms with E-state index in [0.29, 0.717) is 9.80 Å². The minimum Gasteiger partial charge on any atom is -0.348 e. The van der Waals surface area contributed by atoms with Crippen LogP contribution in [-0.2, 0) is 14.4 Å². The fourth-order valence-corrected chi connectivity index (χ4v) is 1.48. The zero-order chi connectivity index (χ0) is 16.2. The zero-order valence-corrected chi connectivity index (χ0v) is 11.0. The molecule has 0 aliphatic carbocycles. The second-order valence-electron chi connectivity index (χ2n) is 4.22. The van der Waals surface area contributed by atoms with E-state index in [0.717, 1.165) is 0 Å². The Balaban J connectivity index is 2.64. The second-order valence-corrected chi connectivity index (χ2v) is 4.22. The highest BCUT2D eigenvalue weighted by molar-refractivity contribution is 6.45. The first kappa shape index (κ1) is 16.7. The maximum absolute atomic E-state index is 12.8. The molecular weight excluding hydrogens is 290 g/mol. The lowest BCUT2D eigenvalue weighted by atomic mass is 10.3. The number of hydrogen-bond acceptors (Lipinski definition) is 5. The Morgan fingerprint density at radius 1 is 1.29 bits per heavy atom. The summed E-state index contributed by atoms with van der Waals surface area (Å²) in [7, 11) is 0. The fourth-order valence-electron chi connectivity index (χ4n) is 1.48. The van der Waals surface area contributed by atoms with E-state index < -0.39 is 49.3 Å². The number of nitrogens with one attached hydrogen (secondary N) is 1. The van der Waals surface area contributed by atoms with E-state index in [1.165, 1.54) is 6.08 Å². The number of carbonyl (C=O) groups excluding carboxylic acids is 4. The van der Waals surface area contributed by atoms with Crippen LogP contribution in [-0.4, -0.2) is 65.7 Å². The van der Waals surface area contributed by atoms with Gasteiger partial charge in [0, 0.05) is 6.54 Å². The second kappa shape index (κ2) is 6.39. The number of alkyl halides is 2. The third-order valence-electron chi connectivity index (χ3n) is 2.59. The predicted octanol–water partition coefficient (Wildman–Crippen LogP) is -1.33. The van der Waals surface area contributed by atoms with Gasteiger partial charge in [0.2, 0.25) is 5.91 Å². The van der Waals surface area contributed by atoms with E-state index >= 15 is 0 Å².